The molecule has 0 fully saturated rings. The first-order valence-corrected chi connectivity index (χ1v) is 9.26. The Morgan fingerprint density at radius 1 is 1.00 bits per heavy atom. The van der Waals surface area contributed by atoms with Crippen LogP contribution in [0.1, 0.15) is 47.7 Å². The van der Waals surface area contributed by atoms with Crippen LogP contribution in [-0.4, -0.2) is 25.1 Å². The first-order chi connectivity index (χ1) is 13.0. The lowest BCUT2D eigenvalue weighted by atomic mass is 10.1. The van der Waals surface area contributed by atoms with Gasteiger partial charge in [-0.05, 0) is 56.2 Å². The van der Waals surface area contributed by atoms with Crippen LogP contribution in [-0.2, 0) is 9.53 Å². The van der Waals surface area contributed by atoms with Crippen molar-refractivity contribution in [1.29, 1.82) is 0 Å². The van der Waals surface area contributed by atoms with Crippen molar-refractivity contribution >= 4 is 17.6 Å². The number of hydrogen-bond acceptors (Lipinski definition) is 4. The van der Waals surface area contributed by atoms with Crippen molar-refractivity contribution in [1.82, 2.24) is 0 Å². The zero-order chi connectivity index (χ0) is 19.6. The van der Waals surface area contributed by atoms with Gasteiger partial charge in [-0.1, -0.05) is 37.5 Å². The zero-order valence-corrected chi connectivity index (χ0v) is 16.2. The van der Waals surface area contributed by atoms with Gasteiger partial charge >= 0.3 is 5.97 Å². The van der Waals surface area contributed by atoms with Gasteiger partial charge in [-0.15, -0.1) is 0 Å². The summed E-state index contributed by atoms with van der Waals surface area (Å²) >= 11 is 0. The van der Waals surface area contributed by atoms with Crippen LogP contribution in [0.2, 0.25) is 0 Å². The third-order valence-corrected chi connectivity index (χ3v) is 4.11. The van der Waals surface area contributed by atoms with E-state index in [4.69, 9.17) is 9.47 Å². The molecular weight excluding hydrogens is 342 g/mol. The number of nitrogens with one attached hydrogen (secondary N) is 1. The molecule has 0 aliphatic heterocycles. The van der Waals surface area contributed by atoms with E-state index in [0.29, 0.717) is 17.9 Å². The quantitative estimate of drug-likeness (QED) is 0.515. The molecule has 0 aliphatic carbocycles. The smallest absolute Gasteiger partial charge is 0.344 e. The van der Waals surface area contributed by atoms with Crippen LogP contribution in [0, 0.1) is 13.8 Å². The summed E-state index contributed by atoms with van der Waals surface area (Å²) in [5.41, 5.74) is 3.47. The van der Waals surface area contributed by atoms with E-state index >= 15 is 0 Å². The predicted octanol–water partition coefficient (Wildman–Crippen LogP) is 4.67. The van der Waals surface area contributed by atoms with Crippen LogP contribution in [0.4, 0.5) is 5.69 Å². The molecule has 0 saturated carbocycles. The average Bonchev–Trinajstić information content (AvgIpc) is 2.66. The Morgan fingerprint density at radius 2 is 1.74 bits per heavy atom. The van der Waals surface area contributed by atoms with Crippen LogP contribution < -0.4 is 10.1 Å². The van der Waals surface area contributed by atoms with Crippen molar-refractivity contribution in [3.63, 3.8) is 0 Å². The van der Waals surface area contributed by atoms with Crippen molar-refractivity contribution in [2.75, 3.05) is 18.5 Å². The lowest BCUT2D eigenvalue weighted by Gasteiger charge is -2.10. The van der Waals surface area contributed by atoms with E-state index in [0.717, 1.165) is 36.1 Å². The van der Waals surface area contributed by atoms with Gasteiger partial charge in [-0.25, -0.2) is 4.79 Å². The first-order valence-electron chi connectivity index (χ1n) is 9.26. The lowest BCUT2D eigenvalue weighted by molar-refractivity contribution is -0.146. The fourth-order valence-corrected chi connectivity index (χ4v) is 2.57. The second-order valence-electron chi connectivity index (χ2n) is 6.51. The predicted molar refractivity (Wildman–Crippen MR) is 106 cm³/mol. The topological polar surface area (TPSA) is 64.6 Å². The van der Waals surface area contributed by atoms with E-state index < -0.39 is 0 Å². The van der Waals surface area contributed by atoms with Gasteiger partial charge in [0.2, 0.25) is 0 Å². The van der Waals surface area contributed by atoms with Crippen molar-refractivity contribution in [3.8, 4) is 5.75 Å². The number of carbonyl (C=O) groups excluding carboxylic acids is 2. The Labute approximate surface area is 160 Å². The fraction of sp³-hybridized carbons (Fsp3) is 0.364. The molecule has 0 radical (unpaired) electrons. The number of anilines is 1. The second-order valence-corrected chi connectivity index (χ2v) is 6.51. The molecule has 5 heteroatoms. The molecule has 5 nitrogen and oxygen atoms in total. The Balaban J connectivity index is 1.83. The number of benzene rings is 2. The number of hydrogen-bond donors (Lipinski definition) is 1. The van der Waals surface area contributed by atoms with E-state index in [1.54, 1.807) is 24.3 Å². The van der Waals surface area contributed by atoms with Gasteiger partial charge in [0.05, 0.1) is 6.61 Å². The molecule has 0 atom stereocenters. The summed E-state index contributed by atoms with van der Waals surface area (Å²) in [6, 6.07) is 12.5. The van der Waals surface area contributed by atoms with E-state index in [1.807, 2.05) is 32.0 Å². The van der Waals surface area contributed by atoms with Crippen molar-refractivity contribution in [2.45, 2.75) is 40.0 Å². The third-order valence-electron chi connectivity index (χ3n) is 4.11. The molecule has 144 valence electrons. The molecule has 0 aliphatic rings. The van der Waals surface area contributed by atoms with Gasteiger partial charge in [-0.2, -0.15) is 0 Å². The Morgan fingerprint density at radius 3 is 2.41 bits per heavy atom. The maximum atomic E-state index is 12.4. The number of ether oxygens (including phenoxy) is 2. The highest BCUT2D eigenvalue weighted by Gasteiger charge is 2.09. The summed E-state index contributed by atoms with van der Waals surface area (Å²) in [7, 11) is 0. The number of rotatable bonds is 9. The van der Waals surface area contributed by atoms with Crippen LogP contribution in [0.3, 0.4) is 0 Å². The first kappa shape index (κ1) is 20.5. The van der Waals surface area contributed by atoms with E-state index in [2.05, 4.69) is 12.2 Å². The minimum atomic E-state index is -0.386. The molecule has 1 amide bonds. The summed E-state index contributed by atoms with van der Waals surface area (Å²) in [6.45, 7) is 6.35. The van der Waals surface area contributed by atoms with Crippen LogP contribution in [0.25, 0.3) is 0 Å². The molecule has 0 heterocycles. The molecular formula is C22H27NO4. The van der Waals surface area contributed by atoms with Crippen molar-refractivity contribution in [2.24, 2.45) is 0 Å². The summed E-state index contributed by atoms with van der Waals surface area (Å²) in [4.78, 5) is 24.0. The van der Waals surface area contributed by atoms with Crippen molar-refractivity contribution < 1.29 is 19.1 Å². The van der Waals surface area contributed by atoms with Crippen LogP contribution >= 0.6 is 0 Å². The average molecular weight is 369 g/mol. The van der Waals surface area contributed by atoms with E-state index in [-0.39, 0.29) is 18.5 Å². The van der Waals surface area contributed by atoms with Gasteiger partial charge in [-0.3, -0.25) is 4.79 Å². The Kier molecular flexibility index (Phi) is 7.86. The Hall–Kier alpha value is -2.82. The largest absolute Gasteiger partial charge is 0.482 e. The number of carbonyl (C=O) groups is 2. The maximum absolute atomic E-state index is 12.4. The second kappa shape index (κ2) is 10.4. The van der Waals surface area contributed by atoms with Gasteiger partial charge in [0.1, 0.15) is 5.75 Å². The molecule has 0 aromatic heterocycles. The fourth-order valence-electron chi connectivity index (χ4n) is 2.57. The molecule has 0 spiro atoms. The molecule has 27 heavy (non-hydrogen) atoms. The van der Waals surface area contributed by atoms with E-state index in [9.17, 15) is 9.59 Å². The number of esters is 1. The Bertz CT molecular complexity index is 768. The highest BCUT2D eigenvalue weighted by Crippen LogP contribution is 2.18. The maximum Gasteiger partial charge on any atom is 0.344 e. The molecule has 0 unspecified atom stereocenters. The highest BCUT2D eigenvalue weighted by atomic mass is 16.6. The van der Waals surface area contributed by atoms with Gasteiger partial charge in [0, 0.05) is 11.3 Å². The molecule has 2 rings (SSSR count). The molecule has 2 aromatic rings. The number of aryl methyl sites for hydroxylation is 2. The molecule has 0 saturated heterocycles. The SMILES string of the molecule is CCCCCOC(=O)COc1ccc(C(=O)Nc2ccc(C)cc2C)cc1. The molecule has 1 N–H and O–H groups in total. The normalized spacial score (nSPS) is 10.3. The number of amides is 1. The van der Waals surface area contributed by atoms with Crippen LogP contribution in [0.5, 0.6) is 5.75 Å². The summed E-state index contributed by atoms with van der Waals surface area (Å²) in [6.07, 6.45) is 2.99. The van der Waals surface area contributed by atoms with Gasteiger partial charge in [0.15, 0.2) is 6.61 Å². The molecule has 0 bridgehead atoms. The van der Waals surface area contributed by atoms with E-state index in [1.165, 1.54) is 0 Å². The minimum absolute atomic E-state index is 0.139. The third kappa shape index (κ3) is 6.77. The lowest BCUT2D eigenvalue weighted by Crippen LogP contribution is -2.16. The summed E-state index contributed by atoms with van der Waals surface area (Å²) in [5, 5.41) is 2.90. The molecule has 2 aromatic carbocycles. The highest BCUT2D eigenvalue weighted by molar-refractivity contribution is 6.04. The van der Waals surface area contributed by atoms with Crippen molar-refractivity contribution in [3.05, 3.63) is 59.2 Å². The monoisotopic (exact) mass is 369 g/mol. The minimum Gasteiger partial charge on any atom is -0.482 e. The van der Waals surface area contributed by atoms with Gasteiger partial charge in [0.25, 0.3) is 5.91 Å². The number of unbranched alkanes of at least 4 members (excludes halogenated alkanes) is 2. The van der Waals surface area contributed by atoms with Crippen LogP contribution in [0.15, 0.2) is 42.5 Å². The summed E-state index contributed by atoms with van der Waals surface area (Å²) in [5.74, 6) is -0.0600. The standard InChI is InChI=1S/C22H27NO4/c1-4-5-6-13-26-21(24)15-27-19-10-8-18(9-11-19)22(25)23-20-12-7-16(2)14-17(20)3/h7-12,14H,4-6,13,15H2,1-3H3,(H,23,25). The van der Waals surface area contributed by atoms with Gasteiger partial charge < -0.3 is 14.8 Å². The zero-order valence-electron chi connectivity index (χ0n) is 16.2. The summed E-state index contributed by atoms with van der Waals surface area (Å²) < 4.78 is 10.5.